The normalized spacial score (nSPS) is 15.8. The van der Waals surface area contributed by atoms with Gasteiger partial charge in [-0.2, -0.15) is 0 Å². The van der Waals surface area contributed by atoms with Crippen LogP contribution in [0.2, 0.25) is 0 Å². The Bertz CT molecular complexity index is 546. The number of hydrogen-bond acceptors (Lipinski definition) is 5. The van der Waals surface area contributed by atoms with E-state index in [2.05, 4.69) is 10.3 Å². The van der Waals surface area contributed by atoms with Gasteiger partial charge in [0, 0.05) is 5.57 Å². The molecule has 0 radical (unpaired) electrons. The molecule has 0 aliphatic carbocycles. The minimum absolute atomic E-state index is 0.0658. The molecular weight excluding hydrogens is 318 g/mol. The molecule has 0 aromatic heterocycles. The van der Waals surface area contributed by atoms with E-state index in [4.69, 9.17) is 39.0 Å². The molecule has 0 aromatic rings. The number of aliphatic hydroxyl groups excluding tert-OH is 2. The SMILES string of the molecule is C\C=C/C(C(/N)=C(\N)NC(N)=NC(CO)CO)=C(Cl)\C(C)=C/C. The Hall–Kier alpha value is -1.96. The first kappa shape index (κ1) is 21.0. The Morgan fingerprint density at radius 1 is 1.22 bits per heavy atom. The maximum Gasteiger partial charge on any atom is 0.194 e. The highest BCUT2D eigenvalue weighted by molar-refractivity contribution is 6.32. The average molecular weight is 344 g/mol. The number of halogens is 1. The van der Waals surface area contributed by atoms with E-state index in [0.717, 1.165) is 5.57 Å². The van der Waals surface area contributed by atoms with E-state index in [1.54, 1.807) is 12.2 Å². The third-order valence-corrected chi connectivity index (χ3v) is 3.44. The lowest BCUT2D eigenvalue weighted by molar-refractivity contribution is 0.195. The van der Waals surface area contributed by atoms with Gasteiger partial charge in [-0.15, -0.1) is 0 Å². The van der Waals surface area contributed by atoms with Crippen LogP contribution in [-0.2, 0) is 0 Å². The number of guanidine groups is 1. The second-order valence-corrected chi connectivity index (χ2v) is 5.06. The van der Waals surface area contributed by atoms with Crippen LogP contribution in [0.15, 0.2) is 50.9 Å². The second kappa shape index (κ2) is 10.7. The molecule has 0 spiro atoms. The molecule has 0 fully saturated rings. The van der Waals surface area contributed by atoms with Crippen LogP contribution in [0.1, 0.15) is 20.8 Å². The largest absolute Gasteiger partial charge is 0.395 e. The van der Waals surface area contributed by atoms with Gasteiger partial charge in [0.1, 0.15) is 5.82 Å². The first-order valence-electron chi connectivity index (χ1n) is 7.05. The summed E-state index contributed by atoms with van der Waals surface area (Å²) in [6.45, 7) is 4.86. The maximum absolute atomic E-state index is 8.98. The highest BCUT2D eigenvalue weighted by Gasteiger charge is 2.11. The molecule has 0 atom stereocenters. The first-order chi connectivity index (χ1) is 10.8. The lowest BCUT2D eigenvalue weighted by atomic mass is 10.1. The van der Waals surface area contributed by atoms with E-state index < -0.39 is 6.04 Å². The van der Waals surface area contributed by atoms with Crippen LogP contribution in [0.4, 0.5) is 0 Å². The van der Waals surface area contributed by atoms with E-state index in [0.29, 0.717) is 10.6 Å². The number of nitrogens with one attached hydrogen (secondary N) is 1. The van der Waals surface area contributed by atoms with Crippen LogP contribution in [-0.4, -0.2) is 35.4 Å². The first-order valence-corrected chi connectivity index (χ1v) is 7.43. The minimum Gasteiger partial charge on any atom is -0.395 e. The molecule has 0 heterocycles. The third-order valence-electron chi connectivity index (χ3n) is 2.94. The number of nitrogens with zero attached hydrogens (tertiary/aromatic N) is 1. The fourth-order valence-corrected chi connectivity index (χ4v) is 1.78. The third kappa shape index (κ3) is 6.77. The fraction of sp³-hybridized carbons (Fsp3) is 0.400. The lowest BCUT2D eigenvalue weighted by Gasteiger charge is -2.14. The summed E-state index contributed by atoms with van der Waals surface area (Å²) in [5.74, 6) is -0.00621. The van der Waals surface area contributed by atoms with Crippen LogP contribution >= 0.6 is 11.6 Å². The van der Waals surface area contributed by atoms with Gasteiger partial charge in [0.05, 0.1) is 30.0 Å². The van der Waals surface area contributed by atoms with Gasteiger partial charge in [-0.05, 0) is 26.3 Å². The molecule has 23 heavy (non-hydrogen) atoms. The summed E-state index contributed by atoms with van der Waals surface area (Å²) in [5.41, 5.74) is 19.2. The number of rotatable bonds is 7. The van der Waals surface area contributed by atoms with Crippen molar-refractivity contribution in [1.82, 2.24) is 5.32 Å². The summed E-state index contributed by atoms with van der Waals surface area (Å²) in [6, 6.07) is -0.726. The summed E-state index contributed by atoms with van der Waals surface area (Å²) < 4.78 is 0. The van der Waals surface area contributed by atoms with Gasteiger partial charge in [0.2, 0.25) is 0 Å². The molecule has 0 aliphatic heterocycles. The maximum atomic E-state index is 8.98. The number of aliphatic hydroxyl groups is 2. The second-order valence-electron chi connectivity index (χ2n) is 4.69. The highest BCUT2D eigenvalue weighted by Crippen LogP contribution is 2.23. The molecule has 8 heteroatoms. The molecule has 0 aromatic carbocycles. The monoisotopic (exact) mass is 343 g/mol. The molecular formula is C15H26ClN5O2. The zero-order chi connectivity index (χ0) is 18.0. The van der Waals surface area contributed by atoms with Crippen LogP contribution < -0.4 is 22.5 Å². The Morgan fingerprint density at radius 3 is 2.22 bits per heavy atom. The van der Waals surface area contributed by atoms with Gasteiger partial charge in [-0.1, -0.05) is 29.8 Å². The number of nitrogens with two attached hydrogens (primary N) is 3. The van der Waals surface area contributed by atoms with E-state index in [1.807, 2.05) is 26.8 Å². The van der Waals surface area contributed by atoms with Crippen molar-refractivity contribution in [2.45, 2.75) is 26.8 Å². The van der Waals surface area contributed by atoms with E-state index in [1.165, 1.54) is 0 Å². The van der Waals surface area contributed by atoms with Crippen LogP contribution in [0.3, 0.4) is 0 Å². The van der Waals surface area contributed by atoms with E-state index in [-0.39, 0.29) is 30.7 Å². The van der Waals surface area contributed by atoms with Crippen LogP contribution in [0.5, 0.6) is 0 Å². The van der Waals surface area contributed by atoms with Gasteiger partial charge in [-0.25, -0.2) is 4.99 Å². The quantitative estimate of drug-likeness (QED) is 0.224. The molecule has 0 bridgehead atoms. The van der Waals surface area contributed by atoms with Crippen molar-refractivity contribution in [3.05, 3.63) is 45.9 Å². The van der Waals surface area contributed by atoms with Gasteiger partial charge in [0.15, 0.2) is 5.96 Å². The van der Waals surface area contributed by atoms with Crippen molar-refractivity contribution in [3.8, 4) is 0 Å². The predicted molar refractivity (Wildman–Crippen MR) is 95.2 cm³/mol. The van der Waals surface area contributed by atoms with Crippen molar-refractivity contribution in [1.29, 1.82) is 0 Å². The zero-order valence-corrected chi connectivity index (χ0v) is 14.4. The summed E-state index contributed by atoms with van der Waals surface area (Å²) in [7, 11) is 0. The molecule has 7 nitrogen and oxygen atoms in total. The van der Waals surface area contributed by atoms with E-state index >= 15 is 0 Å². The molecule has 130 valence electrons. The van der Waals surface area contributed by atoms with Gasteiger partial charge >= 0.3 is 0 Å². The molecule has 0 saturated heterocycles. The summed E-state index contributed by atoms with van der Waals surface area (Å²) in [5, 5.41) is 21.0. The average Bonchev–Trinajstić information content (AvgIpc) is 2.55. The summed E-state index contributed by atoms with van der Waals surface area (Å²) in [4.78, 5) is 3.87. The number of aliphatic imine (C=N–C) groups is 1. The molecule has 0 amide bonds. The van der Waals surface area contributed by atoms with Crippen LogP contribution in [0, 0.1) is 0 Å². The molecule has 0 aliphatic rings. The number of allylic oxidation sites excluding steroid dienone is 5. The minimum atomic E-state index is -0.726. The van der Waals surface area contributed by atoms with Gasteiger partial charge in [-0.3, -0.25) is 0 Å². The molecule has 0 saturated carbocycles. The topological polar surface area (TPSA) is 143 Å². The van der Waals surface area contributed by atoms with Crippen molar-refractivity contribution in [2.24, 2.45) is 22.2 Å². The Kier molecular flexibility index (Phi) is 9.80. The van der Waals surface area contributed by atoms with Crippen molar-refractivity contribution in [3.63, 3.8) is 0 Å². The predicted octanol–water partition coefficient (Wildman–Crippen LogP) is 0.366. The van der Waals surface area contributed by atoms with Crippen molar-refractivity contribution in [2.75, 3.05) is 13.2 Å². The zero-order valence-electron chi connectivity index (χ0n) is 13.7. The molecule has 0 unspecified atom stereocenters. The summed E-state index contributed by atoms with van der Waals surface area (Å²) in [6.07, 6.45) is 5.37. The van der Waals surface area contributed by atoms with Crippen molar-refractivity contribution >= 4 is 17.6 Å². The Balaban J connectivity index is 5.64. The fourth-order valence-electron chi connectivity index (χ4n) is 1.51. The summed E-state index contributed by atoms with van der Waals surface area (Å²) >= 11 is 6.32. The Labute approximate surface area is 141 Å². The van der Waals surface area contributed by atoms with E-state index in [9.17, 15) is 0 Å². The smallest absolute Gasteiger partial charge is 0.194 e. The number of hydrogen-bond donors (Lipinski definition) is 6. The lowest BCUT2D eigenvalue weighted by Crippen LogP contribution is -2.38. The van der Waals surface area contributed by atoms with Gasteiger partial charge in [0.25, 0.3) is 0 Å². The molecule has 9 N–H and O–H groups in total. The Morgan fingerprint density at radius 2 is 1.78 bits per heavy atom. The highest BCUT2D eigenvalue weighted by atomic mass is 35.5. The van der Waals surface area contributed by atoms with Gasteiger partial charge < -0.3 is 32.7 Å². The van der Waals surface area contributed by atoms with Crippen LogP contribution in [0.25, 0.3) is 0 Å². The standard InChI is InChI=1S/C15H26ClN5O2/c1-4-6-11(12(16)9(3)5-2)13(17)14(18)21-15(19)20-10(7-22)8-23/h4-6,10,22-23H,7-8,17-18H2,1-3H3,(H3,19,20,21)/b6-4-,9-5-,12-11-,14-13-. The molecule has 0 rings (SSSR count). The van der Waals surface area contributed by atoms with Crippen molar-refractivity contribution < 1.29 is 10.2 Å².